The van der Waals surface area contributed by atoms with E-state index in [1.165, 1.54) is 0 Å². The highest BCUT2D eigenvalue weighted by atomic mass is 127. The van der Waals surface area contributed by atoms with Gasteiger partial charge in [0.25, 0.3) is 0 Å². The lowest BCUT2D eigenvalue weighted by Gasteiger charge is -2.55. The van der Waals surface area contributed by atoms with E-state index in [9.17, 15) is 0 Å². The summed E-state index contributed by atoms with van der Waals surface area (Å²) >= 11 is 0. The number of nitrogens with zero attached hydrogens (tertiary/aromatic N) is 3. The van der Waals surface area contributed by atoms with Crippen LogP contribution in [-0.2, 0) is 16.7 Å². The maximum atomic E-state index is 5.95. The van der Waals surface area contributed by atoms with Gasteiger partial charge in [0.15, 0.2) is 11.8 Å². The molecule has 0 radical (unpaired) electrons. The van der Waals surface area contributed by atoms with Crippen LogP contribution in [0.2, 0.25) is 0 Å². The third kappa shape index (κ3) is 5.34. The second-order valence-electron chi connectivity index (χ2n) is 8.01. The second-order valence-corrected chi connectivity index (χ2v) is 8.01. The lowest BCUT2D eigenvalue weighted by molar-refractivity contribution is -0.133. The quantitative estimate of drug-likeness (QED) is 0.343. The van der Waals surface area contributed by atoms with E-state index in [0.29, 0.717) is 30.4 Å². The summed E-state index contributed by atoms with van der Waals surface area (Å²) in [5, 5.41) is 10.9. The fraction of sp³-hybridized carbons (Fsp3) is 0.842. The highest BCUT2D eigenvalue weighted by Crippen LogP contribution is 2.48. The molecule has 0 amide bonds. The van der Waals surface area contributed by atoms with Crippen LogP contribution in [0.1, 0.15) is 72.5 Å². The van der Waals surface area contributed by atoms with Gasteiger partial charge >= 0.3 is 0 Å². The summed E-state index contributed by atoms with van der Waals surface area (Å²) in [4.78, 5) is 8.81. The molecule has 0 bridgehead atoms. The van der Waals surface area contributed by atoms with E-state index in [4.69, 9.17) is 9.26 Å². The van der Waals surface area contributed by atoms with Crippen molar-refractivity contribution in [3.8, 4) is 0 Å². The molecule has 2 N–H and O–H groups in total. The van der Waals surface area contributed by atoms with Gasteiger partial charge in [0, 0.05) is 30.5 Å². The third-order valence-electron chi connectivity index (χ3n) is 5.53. The Morgan fingerprint density at radius 1 is 1.30 bits per heavy atom. The van der Waals surface area contributed by atoms with Crippen molar-refractivity contribution in [2.45, 2.75) is 84.9 Å². The van der Waals surface area contributed by atoms with E-state index >= 15 is 0 Å². The van der Waals surface area contributed by atoms with Crippen LogP contribution < -0.4 is 10.6 Å². The average molecular weight is 493 g/mol. The molecule has 0 saturated heterocycles. The Hall–Kier alpha value is -0.900. The van der Waals surface area contributed by atoms with Crippen molar-refractivity contribution in [2.24, 2.45) is 10.4 Å². The average Bonchev–Trinajstić information content (AvgIpc) is 3.07. The molecule has 1 fully saturated rings. The fourth-order valence-electron chi connectivity index (χ4n) is 3.74. The maximum absolute atomic E-state index is 5.95. The molecule has 2 unspecified atom stereocenters. The molecule has 8 heteroatoms. The van der Waals surface area contributed by atoms with Crippen molar-refractivity contribution in [1.82, 2.24) is 20.8 Å². The van der Waals surface area contributed by atoms with E-state index in [-0.39, 0.29) is 34.8 Å². The number of aliphatic imine (C=N–C) groups is 1. The molecular formula is C19H36IN5O2. The lowest BCUT2D eigenvalue weighted by Crippen LogP contribution is -2.65. The van der Waals surface area contributed by atoms with Gasteiger partial charge in [-0.25, -0.2) is 0 Å². The van der Waals surface area contributed by atoms with Gasteiger partial charge in [0.1, 0.15) is 0 Å². The number of nitrogens with one attached hydrogen (secondary N) is 2. The van der Waals surface area contributed by atoms with Crippen molar-refractivity contribution < 1.29 is 9.26 Å². The molecule has 0 aromatic carbocycles. The van der Waals surface area contributed by atoms with Gasteiger partial charge in [-0.2, -0.15) is 4.98 Å². The van der Waals surface area contributed by atoms with Gasteiger partial charge in [-0.05, 0) is 26.2 Å². The largest absolute Gasteiger partial charge is 0.378 e. The van der Waals surface area contributed by atoms with Gasteiger partial charge in [-0.3, -0.25) is 4.99 Å². The van der Waals surface area contributed by atoms with Crippen LogP contribution in [0.15, 0.2) is 9.52 Å². The predicted molar refractivity (Wildman–Crippen MR) is 119 cm³/mol. The first-order valence-electron chi connectivity index (χ1n) is 9.72. The Kier molecular flexibility index (Phi) is 8.98. The molecule has 2 atom stereocenters. The van der Waals surface area contributed by atoms with Crippen molar-refractivity contribution in [2.75, 3.05) is 13.7 Å². The number of aromatic nitrogens is 2. The standard InChI is InChI=1S/C19H35N5O2.HI/c1-8-19(9-2)13(11-14(19)25-10-3)22-17(20-7)21-12-15-23-16(26-24-15)18(4,5)6;/h13-14H,8-12H2,1-7H3,(H2,20,21,22);1H. The lowest BCUT2D eigenvalue weighted by atomic mass is 9.58. The zero-order chi connectivity index (χ0) is 19.4. The molecule has 0 aliphatic heterocycles. The Morgan fingerprint density at radius 2 is 1.96 bits per heavy atom. The van der Waals surface area contributed by atoms with Gasteiger partial charge in [-0.1, -0.05) is 39.8 Å². The van der Waals surface area contributed by atoms with Crippen molar-refractivity contribution >= 4 is 29.9 Å². The van der Waals surface area contributed by atoms with Gasteiger partial charge in [0.2, 0.25) is 5.89 Å². The van der Waals surface area contributed by atoms with Gasteiger partial charge < -0.3 is 19.9 Å². The molecule has 7 nitrogen and oxygen atoms in total. The van der Waals surface area contributed by atoms with Gasteiger partial charge in [0.05, 0.1) is 12.6 Å². The van der Waals surface area contributed by atoms with Crippen LogP contribution in [0.3, 0.4) is 0 Å². The van der Waals surface area contributed by atoms with Crippen molar-refractivity contribution in [1.29, 1.82) is 0 Å². The van der Waals surface area contributed by atoms with E-state index in [2.05, 4.69) is 67.3 Å². The third-order valence-corrected chi connectivity index (χ3v) is 5.53. The Labute approximate surface area is 180 Å². The van der Waals surface area contributed by atoms with E-state index in [1.807, 2.05) is 0 Å². The minimum atomic E-state index is -0.146. The highest BCUT2D eigenvalue weighted by Gasteiger charge is 2.53. The number of ether oxygens (including phenoxy) is 1. The van der Waals surface area contributed by atoms with E-state index in [0.717, 1.165) is 31.8 Å². The highest BCUT2D eigenvalue weighted by molar-refractivity contribution is 14.0. The van der Waals surface area contributed by atoms with Crippen LogP contribution in [0, 0.1) is 5.41 Å². The zero-order valence-corrected chi connectivity index (χ0v) is 20.1. The Balaban J connectivity index is 0.00000364. The molecule has 1 saturated carbocycles. The Morgan fingerprint density at radius 3 is 2.44 bits per heavy atom. The topological polar surface area (TPSA) is 84.6 Å². The molecule has 2 rings (SSSR count). The number of hydrogen-bond acceptors (Lipinski definition) is 5. The first-order valence-corrected chi connectivity index (χ1v) is 9.72. The maximum Gasteiger partial charge on any atom is 0.232 e. The number of guanidine groups is 1. The summed E-state index contributed by atoms with van der Waals surface area (Å²) in [6.45, 7) is 14.0. The zero-order valence-electron chi connectivity index (χ0n) is 17.8. The first kappa shape index (κ1) is 24.1. The summed E-state index contributed by atoms with van der Waals surface area (Å²) in [7, 11) is 1.78. The van der Waals surface area contributed by atoms with Crippen molar-refractivity contribution in [3.05, 3.63) is 11.7 Å². The molecule has 1 aromatic rings. The summed E-state index contributed by atoms with van der Waals surface area (Å²) in [5.41, 5.74) is 0.0203. The smallest absolute Gasteiger partial charge is 0.232 e. The van der Waals surface area contributed by atoms with Crippen LogP contribution >= 0.6 is 24.0 Å². The summed E-state index contributed by atoms with van der Waals surface area (Å²) < 4.78 is 11.3. The molecule has 1 aromatic heterocycles. The SMILES string of the molecule is CCOC1CC(NC(=NC)NCc2noc(C(C)(C)C)n2)C1(CC)CC.I. The fourth-order valence-corrected chi connectivity index (χ4v) is 3.74. The minimum Gasteiger partial charge on any atom is -0.378 e. The molecule has 1 aliphatic carbocycles. The number of hydrogen-bond donors (Lipinski definition) is 2. The van der Waals surface area contributed by atoms with E-state index in [1.54, 1.807) is 7.05 Å². The predicted octanol–water partition coefficient (Wildman–Crippen LogP) is 3.63. The normalized spacial score (nSPS) is 22.0. The second kappa shape index (κ2) is 10.0. The minimum absolute atomic E-state index is 0. The number of halogens is 1. The van der Waals surface area contributed by atoms with Crippen LogP contribution in [0.25, 0.3) is 0 Å². The number of rotatable bonds is 7. The van der Waals surface area contributed by atoms with Crippen molar-refractivity contribution in [3.63, 3.8) is 0 Å². The monoisotopic (exact) mass is 493 g/mol. The summed E-state index contributed by atoms with van der Waals surface area (Å²) in [5.74, 6) is 2.04. The molecule has 156 valence electrons. The van der Waals surface area contributed by atoms with Crippen LogP contribution in [0.5, 0.6) is 0 Å². The molecule has 27 heavy (non-hydrogen) atoms. The summed E-state index contributed by atoms with van der Waals surface area (Å²) in [6, 6.07) is 0.357. The molecule has 1 aliphatic rings. The molecular weight excluding hydrogens is 457 g/mol. The Bertz CT molecular complexity index is 607. The molecule has 0 spiro atoms. The molecule has 1 heterocycles. The van der Waals surface area contributed by atoms with Crippen LogP contribution in [0.4, 0.5) is 0 Å². The van der Waals surface area contributed by atoms with Crippen LogP contribution in [-0.4, -0.2) is 41.9 Å². The first-order chi connectivity index (χ1) is 12.3. The van der Waals surface area contributed by atoms with Gasteiger partial charge in [-0.15, -0.1) is 24.0 Å². The summed E-state index contributed by atoms with van der Waals surface area (Å²) in [6.07, 6.45) is 3.50. The van der Waals surface area contributed by atoms with E-state index < -0.39 is 0 Å².